The van der Waals surface area contributed by atoms with Crippen molar-refractivity contribution in [1.82, 2.24) is 10.2 Å². The largest absolute Gasteiger partial charge is 0.378 e. The number of nitrogens with zero attached hydrogens (tertiary/aromatic N) is 2. The molecule has 164 valence electrons. The summed E-state index contributed by atoms with van der Waals surface area (Å²) in [6.45, 7) is 8.65. The third-order valence-electron chi connectivity index (χ3n) is 5.82. The van der Waals surface area contributed by atoms with E-state index in [-0.39, 0.29) is 11.8 Å². The van der Waals surface area contributed by atoms with Gasteiger partial charge in [-0.25, -0.2) is 9.69 Å². The van der Waals surface area contributed by atoms with E-state index in [4.69, 9.17) is 4.74 Å². The second-order valence-corrected chi connectivity index (χ2v) is 8.00. The number of carbonyl (C=O) groups is 3. The maximum absolute atomic E-state index is 13.1. The van der Waals surface area contributed by atoms with Crippen LogP contribution in [0.3, 0.4) is 0 Å². The Balaban J connectivity index is 1.66. The number of amides is 4. The van der Waals surface area contributed by atoms with Crippen LogP contribution in [0.5, 0.6) is 0 Å². The Kier molecular flexibility index (Phi) is 6.97. The van der Waals surface area contributed by atoms with Gasteiger partial charge in [-0.05, 0) is 44.0 Å². The molecule has 3 rings (SSSR count). The van der Waals surface area contributed by atoms with Crippen molar-refractivity contribution in [3.8, 4) is 0 Å². The van der Waals surface area contributed by atoms with Crippen LogP contribution in [0.2, 0.25) is 0 Å². The Bertz CT molecular complexity index is 768. The molecule has 0 spiro atoms. The van der Waals surface area contributed by atoms with Gasteiger partial charge >= 0.3 is 6.03 Å². The lowest BCUT2D eigenvalue weighted by Gasteiger charge is -2.29. The van der Waals surface area contributed by atoms with Crippen LogP contribution >= 0.6 is 0 Å². The van der Waals surface area contributed by atoms with Crippen molar-refractivity contribution in [3.63, 3.8) is 0 Å². The van der Waals surface area contributed by atoms with E-state index in [9.17, 15) is 14.4 Å². The van der Waals surface area contributed by atoms with Gasteiger partial charge < -0.3 is 20.3 Å². The number of urea groups is 1. The summed E-state index contributed by atoms with van der Waals surface area (Å²) in [6.07, 6.45) is 2.68. The summed E-state index contributed by atoms with van der Waals surface area (Å²) >= 11 is 0. The molecule has 2 fully saturated rings. The van der Waals surface area contributed by atoms with Crippen LogP contribution < -0.4 is 15.5 Å². The van der Waals surface area contributed by atoms with Gasteiger partial charge in [0.05, 0.1) is 13.2 Å². The van der Waals surface area contributed by atoms with Gasteiger partial charge in [0, 0.05) is 24.5 Å². The minimum absolute atomic E-state index is 0.304. The van der Waals surface area contributed by atoms with Crippen molar-refractivity contribution in [1.29, 1.82) is 0 Å². The first-order chi connectivity index (χ1) is 14.4. The summed E-state index contributed by atoms with van der Waals surface area (Å²) in [7, 11) is 0. The summed E-state index contributed by atoms with van der Waals surface area (Å²) in [5, 5.41) is 5.68. The molecule has 1 atom stereocenters. The zero-order chi connectivity index (χ0) is 21.7. The van der Waals surface area contributed by atoms with E-state index in [0.717, 1.165) is 36.5 Å². The number of ether oxygens (including phenoxy) is 1. The molecule has 8 heteroatoms. The predicted molar refractivity (Wildman–Crippen MR) is 115 cm³/mol. The molecule has 2 aliphatic rings. The van der Waals surface area contributed by atoms with Gasteiger partial charge in [-0.1, -0.05) is 26.7 Å². The Morgan fingerprint density at radius 2 is 1.73 bits per heavy atom. The molecule has 30 heavy (non-hydrogen) atoms. The summed E-state index contributed by atoms with van der Waals surface area (Å²) in [5.74, 6) is -0.692. The van der Waals surface area contributed by atoms with E-state index in [1.165, 1.54) is 0 Å². The molecule has 2 saturated heterocycles. The molecule has 0 unspecified atom stereocenters. The van der Waals surface area contributed by atoms with Gasteiger partial charge in [-0.2, -0.15) is 0 Å². The molecule has 0 bridgehead atoms. The minimum Gasteiger partial charge on any atom is -0.378 e. The molecule has 1 aromatic rings. The number of anilines is 2. The standard InChI is InChI=1S/C22H32N4O4/c1-4-10-22(11-5-2)20(28)26(21(29)24-22)16(3)19(27)23-17-6-8-18(9-7-17)25-12-14-30-15-13-25/h6-9,16H,4-5,10-15H2,1-3H3,(H,23,27)(H,24,29)/t16-/m0/s1. The molecule has 8 nitrogen and oxygen atoms in total. The number of nitrogens with one attached hydrogen (secondary N) is 2. The van der Waals surface area contributed by atoms with E-state index >= 15 is 0 Å². The Morgan fingerprint density at radius 3 is 2.30 bits per heavy atom. The van der Waals surface area contributed by atoms with Crippen molar-refractivity contribution in [2.45, 2.75) is 58.0 Å². The lowest BCUT2D eigenvalue weighted by Crippen LogP contribution is -2.49. The van der Waals surface area contributed by atoms with Crippen LogP contribution in [-0.2, 0) is 14.3 Å². The van der Waals surface area contributed by atoms with Crippen molar-refractivity contribution in [2.75, 3.05) is 36.5 Å². The lowest BCUT2D eigenvalue weighted by molar-refractivity contribution is -0.136. The number of hydrogen-bond donors (Lipinski definition) is 2. The highest BCUT2D eigenvalue weighted by Crippen LogP contribution is 2.29. The normalized spacial score (nSPS) is 19.6. The van der Waals surface area contributed by atoms with Gasteiger partial charge in [0.25, 0.3) is 5.91 Å². The van der Waals surface area contributed by atoms with Gasteiger partial charge in [0.1, 0.15) is 11.6 Å². The van der Waals surface area contributed by atoms with Crippen molar-refractivity contribution >= 4 is 29.2 Å². The molecule has 0 saturated carbocycles. The molecule has 4 amide bonds. The fourth-order valence-corrected chi connectivity index (χ4v) is 4.25. The van der Waals surface area contributed by atoms with Gasteiger partial charge in [-0.15, -0.1) is 0 Å². The maximum Gasteiger partial charge on any atom is 0.325 e. The zero-order valence-electron chi connectivity index (χ0n) is 18.1. The molecular weight excluding hydrogens is 384 g/mol. The smallest absolute Gasteiger partial charge is 0.325 e. The highest BCUT2D eigenvalue weighted by Gasteiger charge is 2.52. The predicted octanol–water partition coefficient (Wildman–Crippen LogP) is 2.74. The van der Waals surface area contributed by atoms with Crippen LogP contribution in [0.4, 0.5) is 16.2 Å². The average Bonchev–Trinajstić information content (AvgIpc) is 2.98. The van der Waals surface area contributed by atoms with Crippen LogP contribution in [0.15, 0.2) is 24.3 Å². The average molecular weight is 417 g/mol. The van der Waals surface area contributed by atoms with Gasteiger partial charge in [0.15, 0.2) is 0 Å². The van der Waals surface area contributed by atoms with Gasteiger partial charge in [-0.3, -0.25) is 9.59 Å². The number of hydrogen-bond acceptors (Lipinski definition) is 5. The molecular formula is C22H32N4O4. The molecule has 2 aliphatic heterocycles. The fourth-order valence-electron chi connectivity index (χ4n) is 4.25. The summed E-state index contributed by atoms with van der Waals surface area (Å²) in [5.41, 5.74) is 0.807. The van der Waals surface area contributed by atoms with Crippen molar-refractivity contribution in [2.24, 2.45) is 0 Å². The molecule has 2 N–H and O–H groups in total. The molecule has 0 aliphatic carbocycles. The van der Waals surface area contributed by atoms with Crippen molar-refractivity contribution in [3.05, 3.63) is 24.3 Å². The fraction of sp³-hybridized carbons (Fsp3) is 0.591. The number of imide groups is 1. The second kappa shape index (κ2) is 9.47. The molecule has 2 heterocycles. The SMILES string of the molecule is CCCC1(CCC)NC(=O)N([C@@H](C)C(=O)Nc2ccc(N3CCOCC3)cc2)C1=O. The van der Waals surface area contributed by atoms with E-state index in [1.54, 1.807) is 6.92 Å². The molecule has 0 aromatic heterocycles. The first-order valence-corrected chi connectivity index (χ1v) is 10.8. The zero-order valence-corrected chi connectivity index (χ0v) is 18.1. The third kappa shape index (κ3) is 4.43. The lowest BCUT2D eigenvalue weighted by atomic mass is 9.88. The third-order valence-corrected chi connectivity index (χ3v) is 5.82. The first-order valence-electron chi connectivity index (χ1n) is 10.8. The van der Waals surface area contributed by atoms with Crippen LogP contribution in [-0.4, -0.2) is 60.6 Å². The first kappa shape index (κ1) is 22.1. The summed E-state index contributed by atoms with van der Waals surface area (Å²) < 4.78 is 5.37. The van der Waals surface area contributed by atoms with E-state index in [2.05, 4.69) is 15.5 Å². The van der Waals surface area contributed by atoms with E-state index in [1.807, 2.05) is 38.1 Å². The van der Waals surface area contributed by atoms with Crippen LogP contribution in [0, 0.1) is 0 Å². The maximum atomic E-state index is 13.1. The summed E-state index contributed by atoms with van der Waals surface area (Å²) in [4.78, 5) is 41.7. The molecule has 1 aromatic carbocycles. The summed E-state index contributed by atoms with van der Waals surface area (Å²) in [6, 6.07) is 6.18. The van der Waals surface area contributed by atoms with E-state index in [0.29, 0.717) is 31.7 Å². The molecule has 0 radical (unpaired) electrons. The highest BCUT2D eigenvalue weighted by atomic mass is 16.5. The number of rotatable bonds is 8. The Morgan fingerprint density at radius 1 is 1.13 bits per heavy atom. The van der Waals surface area contributed by atoms with Crippen LogP contribution in [0.1, 0.15) is 46.5 Å². The Hall–Kier alpha value is -2.61. The monoisotopic (exact) mass is 416 g/mol. The topological polar surface area (TPSA) is 91.0 Å². The Labute approximate surface area is 177 Å². The highest BCUT2D eigenvalue weighted by molar-refractivity contribution is 6.11. The van der Waals surface area contributed by atoms with Gasteiger partial charge in [0.2, 0.25) is 5.91 Å². The van der Waals surface area contributed by atoms with Crippen LogP contribution in [0.25, 0.3) is 0 Å². The number of benzene rings is 1. The van der Waals surface area contributed by atoms with E-state index < -0.39 is 17.6 Å². The number of carbonyl (C=O) groups excluding carboxylic acids is 3. The quantitative estimate of drug-likeness (QED) is 0.636. The number of morpholine rings is 1. The van der Waals surface area contributed by atoms with Crippen molar-refractivity contribution < 1.29 is 19.1 Å². The minimum atomic E-state index is -0.896. The second-order valence-electron chi connectivity index (χ2n) is 8.00.